The van der Waals surface area contributed by atoms with Crippen molar-refractivity contribution < 1.29 is 37.6 Å². The van der Waals surface area contributed by atoms with E-state index in [0.717, 1.165) is 70.6 Å². The molecule has 2 unspecified atom stereocenters. The Morgan fingerprint density at radius 1 is 0.615 bits per heavy atom. The van der Waals surface area contributed by atoms with Gasteiger partial charge in [0.25, 0.3) is 0 Å². The Balaban J connectivity index is 4.33. The first-order valence-electron chi connectivity index (χ1n) is 20.2. The minimum atomic E-state index is -4.35. The van der Waals surface area contributed by atoms with E-state index in [1.807, 2.05) is 0 Å². The predicted octanol–water partition coefficient (Wildman–Crippen LogP) is 11.2. The van der Waals surface area contributed by atoms with E-state index in [1.165, 1.54) is 51.4 Å². The number of unbranched alkanes of at least 4 members (excludes halogenated alkanes) is 13. The molecule has 0 fully saturated rings. The van der Waals surface area contributed by atoms with Crippen LogP contribution in [0.2, 0.25) is 0 Å². The average Bonchev–Trinajstić information content (AvgIpc) is 3.12. The highest BCUT2D eigenvalue weighted by Gasteiger charge is 2.26. The van der Waals surface area contributed by atoms with Crippen molar-refractivity contribution in [3.63, 3.8) is 0 Å². The SMILES string of the molecule is CC/C=C\C/C=C\C/C=C\C/C=C\C/C=C\CCCCCC(=O)OC(COC(=O)CCCCCCCCCCCCC)COP(=O)(O)OCCNC. The smallest absolute Gasteiger partial charge is 0.462 e. The van der Waals surface area contributed by atoms with Gasteiger partial charge in [-0.1, -0.05) is 145 Å². The summed E-state index contributed by atoms with van der Waals surface area (Å²) in [6.07, 6.45) is 42.6. The molecule has 0 amide bonds. The highest BCUT2D eigenvalue weighted by Crippen LogP contribution is 2.43. The summed E-state index contributed by atoms with van der Waals surface area (Å²) in [5.41, 5.74) is 0. The first kappa shape index (κ1) is 49.7. The number of carbonyl (C=O) groups is 2. The fourth-order valence-electron chi connectivity index (χ4n) is 5.11. The van der Waals surface area contributed by atoms with Crippen LogP contribution in [0.1, 0.15) is 155 Å². The molecule has 300 valence electrons. The first-order valence-corrected chi connectivity index (χ1v) is 21.7. The van der Waals surface area contributed by atoms with E-state index in [0.29, 0.717) is 13.0 Å². The van der Waals surface area contributed by atoms with Gasteiger partial charge in [-0.3, -0.25) is 18.6 Å². The van der Waals surface area contributed by atoms with Crippen LogP contribution < -0.4 is 5.32 Å². The van der Waals surface area contributed by atoms with Gasteiger partial charge in [0.05, 0.1) is 13.2 Å². The molecule has 0 heterocycles. The first-order chi connectivity index (χ1) is 25.3. The van der Waals surface area contributed by atoms with Crippen LogP contribution in [0.4, 0.5) is 0 Å². The molecule has 0 aromatic rings. The van der Waals surface area contributed by atoms with Crippen molar-refractivity contribution in [2.45, 2.75) is 161 Å². The Morgan fingerprint density at radius 3 is 1.63 bits per heavy atom. The third kappa shape index (κ3) is 37.5. The number of phosphoric acid groups is 1. The number of allylic oxidation sites excluding steroid dienone is 10. The molecule has 0 aromatic heterocycles. The lowest BCUT2D eigenvalue weighted by Crippen LogP contribution is -2.29. The van der Waals surface area contributed by atoms with E-state index >= 15 is 0 Å². The van der Waals surface area contributed by atoms with Crippen molar-refractivity contribution in [3.05, 3.63) is 60.8 Å². The molecular formula is C42H74NO8P. The summed E-state index contributed by atoms with van der Waals surface area (Å²) in [6.45, 7) is 4.04. The molecule has 0 saturated heterocycles. The van der Waals surface area contributed by atoms with Gasteiger partial charge >= 0.3 is 19.8 Å². The highest BCUT2D eigenvalue weighted by atomic mass is 31.2. The number of phosphoric ester groups is 1. The molecule has 52 heavy (non-hydrogen) atoms. The molecule has 2 N–H and O–H groups in total. The number of hydrogen-bond acceptors (Lipinski definition) is 8. The molecule has 10 heteroatoms. The van der Waals surface area contributed by atoms with Gasteiger partial charge in [0.2, 0.25) is 0 Å². The van der Waals surface area contributed by atoms with Crippen LogP contribution in [0.15, 0.2) is 60.8 Å². The van der Waals surface area contributed by atoms with Crippen molar-refractivity contribution in [2.75, 3.05) is 33.4 Å². The van der Waals surface area contributed by atoms with Crippen LogP contribution in [0, 0.1) is 0 Å². The van der Waals surface area contributed by atoms with Crippen LogP contribution in [0.5, 0.6) is 0 Å². The van der Waals surface area contributed by atoms with Crippen LogP contribution in [0.3, 0.4) is 0 Å². The third-order valence-corrected chi connectivity index (χ3v) is 9.14. The summed E-state index contributed by atoms with van der Waals surface area (Å²) in [6, 6.07) is 0. The molecule has 0 aliphatic heterocycles. The maximum Gasteiger partial charge on any atom is 0.472 e. The number of likely N-dealkylation sites (N-methyl/N-ethyl adjacent to an activating group) is 1. The molecule has 0 saturated carbocycles. The monoisotopic (exact) mass is 752 g/mol. The van der Waals surface area contributed by atoms with Crippen molar-refractivity contribution in [2.24, 2.45) is 0 Å². The largest absolute Gasteiger partial charge is 0.472 e. The minimum absolute atomic E-state index is 0.0255. The summed E-state index contributed by atoms with van der Waals surface area (Å²) in [4.78, 5) is 34.9. The molecule has 0 radical (unpaired) electrons. The second kappa shape index (κ2) is 38.4. The number of hydrogen-bond donors (Lipinski definition) is 2. The molecule has 0 aromatic carbocycles. The fraction of sp³-hybridized carbons (Fsp3) is 0.714. The zero-order valence-corrected chi connectivity index (χ0v) is 33.9. The van der Waals surface area contributed by atoms with E-state index in [2.05, 4.69) is 79.9 Å². The molecule has 0 aliphatic rings. The average molecular weight is 752 g/mol. The Bertz CT molecular complexity index is 1040. The Hall–Kier alpha value is -2.29. The van der Waals surface area contributed by atoms with Crippen molar-refractivity contribution >= 4 is 19.8 Å². The molecular weight excluding hydrogens is 677 g/mol. The molecule has 0 spiro atoms. The Kier molecular flexibility index (Phi) is 36.7. The van der Waals surface area contributed by atoms with Crippen LogP contribution >= 0.6 is 7.82 Å². The number of rotatable bonds is 37. The second-order valence-corrected chi connectivity index (χ2v) is 14.5. The highest BCUT2D eigenvalue weighted by molar-refractivity contribution is 7.47. The van der Waals surface area contributed by atoms with E-state index in [1.54, 1.807) is 7.05 Å². The van der Waals surface area contributed by atoms with Gasteiger partial charge in [-0.2, -0.15) is 0 Å². The lowest BCUT2D eigenvalue weighted by molar-refractivity contribution is -0.161. The molecule has 0 aliphatic carbocycles. The van der Waals surface area contributed by atoms with Gasteiger partial charge in [0.15, 0.2) is 6.10 Å². The number of esters is 2. The van der Waals surface area contributed by atoms with Crippen LogP contribution in [-0.2, 0) is 32.7 Å². The predicted molar refractivity (Wildman–Crippen MR) is 215 cm³/mol. The Labute approximate surface area is 317 Å². The van der Waals surface area contributed by atoms with Gasteiger partial charge in [-0.15, -0.1) is 0 Å². The van der Waals surface area contributed by atoms with Gasteiger partial charge in [0.1, 0.15) is 6.61 Å². The number of carbonyl (C=O) groups excluding carboxylic acids is 2. The number of ether oxygens (including phenoxy) is 2. The summed E-state index contributed by atoms with van der Waals surface area (Å²) < 4.78 is 33.1. The van der Waals surface area contributed by atoms with E-state index < -0.39 is 26.5 Å². The van der Waals surface area contributed by atoms with E-state index in [-0.39, 0.29) is 32.0 Å². The zero-order valence-electron chi connectivity index (χ0n) is 33.0. The summed E-state index contributed by atoms with van der Waals surface area (Å²) in [5, 5.41) is 2.81. The quantitative estimate of drug-likeness (QED) is 0.0276. The van der Waals surface area contributed by atoms with Crippen molar-refractivity contribution in [1.82, 2.24) is 5.32 Å². The molecule has 0 bridgehead atoms. The standard InChI is InChI=1S/C42H74NO8P/c1-4-6-8-10-12-14-16-17-18-19-20-21-22-23-25-27-29-31-33-35-42(45)51-40(39-50-52(46,47)49-37-36-43-3)38-48-41(44)34-32-30-28-26-24-15-13-11-9-7-5-2/h6,8,12,14,17-18,20-21,23,25,40,43H,4-5,7,9-11,13,15-16,19,22,24,26-39H2,1-3H3,(H,46,47)/b8-6-,14-12-,18-17-,21-20-,25-23-. The fourth-order valence-corrected chi connectivity index (χ4v) is 5.86. The minimum Gasteiger partial charge on any atom is -0.462 e. The molecule has 9 nitrogen and oxygen atoms in total. The lowest BCUT2D eigenvalue weighted by atomic mass is 10.1. The normalized spacial score (nSPS) is 14.0. The zero-order chi connectivity index (χ0) is 38.2. The topological polar surface area (TPSA) is 120 Å². The van der Waals surface area contributed by atoms with Gasteiger partial charge in [-0.25, -0.2) is 4.57 Å². The van der Waals surface area contributed by atoms with Gasteiger partial charge < -0.3 is 19.7 Å². The van der Waals surface area contributed by atoms with E-state index in [4.69, 9.17) is 18.5 Å². The van der Waals surface area contributed by atoms with E-state index in [9.17, 15) is 19.0 Å². The summed E-state index contributed by atoms with van der Waals surface area (Å²) in [5.74, 6) is -0.849. The molecule has 2 atom stereocenters. The maximum atomic E-state index is 12.6. The maximum absolute atomic E-state index is 12.6. The molecule has 0 rings (SSSR count). The summed E-state index contributed by atoms with van der Waals surface area (Å²) >= 11 is 0. The lowest BCUT2D eigenvalue weighted by Gasteiger charge is -2.20. The van der Waals surface area contributed by atoms with Crippen LogP contribution in [-0.4, -0.2) is 56.3 Å². The van der Waals surface area contributed by atoms with Gasteiger partial charge in [-0.05, 0) is 64.8 Å². The van der Waals surface area contributed by atoms with Crippen molar-refractivity contribution in [3.8, 4) is 0 Å². The third-order valence-electron chi connectivity index (χ3n) is 8.15. The van der Waals surface area contributed by atoms with Gasteiger partial charge in [0, 0.05) is 19.4 Å². The Morgan fingerprint density at radius 2 is 1.10 bits per heavy atom. The second-order valence-electron chi connectivity index (χ2n) is 13.1. The van der Waals surface area contributed by atoms with Crippen LogP contribution in [0.25, 0.3) is 0 Å². The van der Waals surface area contributed by atoms with Crippen molar-refractivity contribution in [1.29, 1.82) is 0 Å². The summed E-state index contributed by atoms with van der Waals surface area (Å²) in [7, 11) is -2.66. The number of nitrogens with one attached hydrogen (secondary N) is 1.